The zero-order valence-corrected chi connectivity index (χ0v) is 17.5. The van der Waals surface area contributed by atoms with Gasteiger partial charge in [-0.15, -0.1) is 0 Å². The van der Waals surface area contributed by atoms with E-state index in [0.717, 1.165) is 35.6 Å². The van der Waals surface area contributed by atoms with E-state index in [-0.39, 0.29) is 5.92 Å². The van der Waals surface area contributed by atoms with Crippen molar-refractivity contribution < 1.29 is 8.42 Å². The summed E-state index contributed by atoms with van der Waals surface area (Å²) in [7, 11) is -0.270. The van der Waals surface area contributed by atoms with Gasteiger partial charge in [0.15, 0.2) is 0 Å². The highest BCUT2D eigenvalue weighted by molar-refractivity contribution is 7.86. The fourth-order valence-corrected chi connectivity index (χ4v) is 4.94. The number of piperidine rings is 1. The Labute approximate surface area is 171 Å². The maximum absolute atomic E-state index is 12.5. The molecule has 0 N–H and O–H groups in total. The Balaban J connectivity index is 1.63. The van der Waals surface area contributed by atoms with Gasteiger partial charge in [0.2, 0.25) is 0 Å². The van der Waals surface area contributed by atoms with E-state index >= 15 is 0 Å². The van der Waals surface area contributed by atoms with Gasteiger partial charge in [0.25, 0.3) is 10.2 Å². The summed E-state index contributed by atoms with van der Waals surface area (Å²) in [4.78, 5) is 9.09. The lowest BCUT2D eigenvalue weighted by atomic mass is 9.95. The molecule has 1 fully saturated rings. The zero-order valence-electron chi connectivity index (χ0n) is 16.6. The molecule has 3 heterocycles. The molecule has 0 bridgehead atoms. The Morgan fingerprint density at radius 3 is 2.62 bits per heavy atom. The van der Waals surface area contributed by atoms with Crippen molar-refractivity contribution in [1.29, 1.82) is 0 Å². The largest absolute Gasteiger partial charge is 0.300 e. The van der Waals surface area contributed by atoms with Crippen molar-refractivity contribution in [1.82, 2.24) is 23.1 Å². The Kier molecular flexibility index (Phi) is 5.49. The average molecular weight is 412 g/mol. The Bertz CT molecular complexity index is 1080. The summed E-state index contributed by atoms with van der Waals surface area (Å²) in [5.41, 5.74) is 2.92. The third-order valence-corrected chi connectivity index (χ3v) is 7.21. The second kappa shape index (κ2) is 8.06. The molecular formula is C21H25N5O2S. The first-order valence-electron chi connectivity index (χ1n) is 9.69. The number of benzene rings is 1. The quantitative estimate of drug-likeness (QED) is 0.647. The van der Waals surface area contributed by atoms with Crippen LogP contribution in [0, 0.1) is 0 Å². The number of pyridine rings is 1. The summed E-state index contributed by atoms with van der Waals surface area (Å²) in [5.74, 6) is 0.935. The number of nitrogens with zero attached hydrogens (tertiary/aromatic N) is 5. The van der Waals surface area contributed by atoms with E-state index in [1.54, 1.807) is 30.8 Å². The lowest BCUT2D eigenvalue weighted by Gasteiger charge is -2.33. The molecule has 0 spiro atoms. The summed E-state index contributed by atoms with van der Waals surface area (Å²) in [6.45, 7) is 1.00. The molecule has 1 aliphatic heterocycles. The molecule has 0 saturated carbocycles. The van der Waals surface area contributed by atoms with Gasteiger partial charge in [-0.3, -0.25) is 9.55 Å². The molecule has 3 aromatic rings. The van der Waals surface area contributed by atoms with Crippen molar-refractivity contribution in [3.8, 4) is 17.1 Å². The summed E-state index contributed by atoms with van der Waals surface area (Å²) >= 11 is 0. The van der Waals surface area contributed by atoms with Crippen LogP contribution in [0.25, 0.3) is 17.1 Å². The second-order valence-electron chi connectivity index (χ2n) is 7.41. The van der Waals surface area contributed by atoms with Crippen LogP contribution in [0.15, 0.2) is 61.1 Å². The molecule has 7 nitrogen and oxygen atoms in total. The molecule has 0 radical (unpaired) electrons. The van der Waals surface area contributed by atoms with Gasteiger partial charge in [0.05, 0.1) is 5.69 Å². The highest BCUT2D eigenvalue weighted by atomic mass is 32.2. The molecule has 1 aliphatic rings. The summed E-state index contributed by atoms with van der Waals surface area (Å²) in [6, 6.07) is 14.0. The lowest BCUT2D eigenvalue weighted by Crippen LogP contribution is -2.45. The molecule has 0 aliphatic carbocycles. The fraction of sp³-hybridized carbons (Fsp3) is 0.333. The van der Waals surface area contributed by atoms with Crippen molar-refractivity contribution in [3.05, 3.63) is 66.7 Å². The van der Waals surface area contributed by atoms with Crippen LogP contribution in [-0.4, -0.2) is 58.7 Å². The summed E-state index contributed by atoms with van der Waals surface area (Å²) in [5, 5.41) is 0. The highest BCUT2D eigenvalue weighted by Crippen LogP contribution is 2.29. The maximum atomic E-state index is 12.5. The summed E-state index contributed by atoms with van der Waals surface area (Å²) < 4.78 is 29.9. The molecular weight excluding hydrogens is 386 g/mol. The molecule has 4 rings (SSSR count). The van der Waals surface area contributed by atoms with Crippen molar-refractivity contribution in [2.45, 2.75) is 18.8 Å². The number of hydrogen-bond acceptors (Lipinski definition) is 4. The van der Waals surface area contributed by atoms with Crippen LogP contribution in [0.3, 0.4) is 0 Å². The van der Waals surface area contributed by atoms with Crippen molar-refractivity contribution in [2.24, 2.45) is 0 Å². The van der Waals surface area contributed by atoms with Crippen molar-refractivity contribution in [3.63, 3.8) is 0 Å². The lowest BCUT2D eigenvalue weighted by molar-refractivity contribution is 0.296. The van der Waals surface area contributed by atoms with Gasteiger partial charge in [0.1, 0.15) is 5.82 Å². The van der Waals surface area contributed by atoms with E-state index < -0.39 is 10.2 Å². The van der Waals surface area contributed by atoms with E-state index in [9.17, 15) is 8.42 Å². The number of rotatable bonds is 5. The molecule has 1 atom stereocenters. The van der Waals surface area contributed by atoms with Gasteiger partial charge < -0.3 is 0 Å². The van der Waals surface area contributed by atoms with Gasteiger partial charge in [-0.1, -0.05) is 30.3 Å². The van der Waals surface area contributed by atoms with Gasteiger partial charge >= 0.3 is 0 Å². The van der Waals surface area contributed by atoms with Crippen LogP contribution < -0.4 is 0 Å². The van der Waals surface area contributed by atoms with E-state index in [1.165, 1.54) is 4.31 Å². The second-order valence-corrected chi connectivity index (χ2v) is 9.56. The summed E-state index contributed by atoms with van der Waals surface area (Å²) in [6.07, 6.45) is 7.26. The van der Waals surface area contributed by atoms with Crippen LogP contribution in [-0.2, 0) is 10.2 Å². The minimum Gasteiger partial charge on any atom is -0.300 e. The molecule has 8 heteroatoms. The Morgan fingerprint density at radius 2 is 1.86 bits per heavy atom. The molecule has 0 amide bonds. The molecule has 2 aromatic heterocycles. The van der Waals surface area contributed by atoms with Crippen LogP contribution >= 0.6 is 0 Å². The first-order chi connectivity index (χ1) is 14.0. The first-order valence-corrected chi connectivity index (χ1v) is 11.1. The van der Waals surface area contributed by atoms with Crippen LogP contribution in [0.5, 0.6) is 0 Å². The molecule has 29 heavy (non-hydrogen) atoms. The minimum absolute atomic E-state index is 0.0714. The van der Waals surface area contributed by atoms with Crippen molar-refractivity contribution in [2.75, 3.05) is 27.2 Å². The predicted molar refractivity (Wildman–Crippen MR) is 113 cm³/mol. The molecule has 1 saturated heterocycles. The first kappa shape index (κ1) is 19.8. The standard InChI is InChI=1S/C21H25N5O2S/c1-24(2)29(27,28)25-13-6-9-18(16-25)20-15-19(10-11-22-20)26-14-12-23-21(26)17-7-4-3-5-8-17/h3-5,7-8,10-12,14-15,18H,6,9,13,16H2,1-2H3/t18-/m0/s1. The highest BCUT2D eigenvalue weighted by Gasteiger charge is 2.31. The predicted octanol–water partition coefficient (Wildman–Crippen LogP) is 2.92. The topological polar surface area (TPSA) is 71.3 Å². The van der Waals surface area contributed by atoms with Crippen molar-refractivity contribution >= 4 is 10.2 Å². The van der Waals surface area contributed by atoms with Crippen LogP contribution in [0.2, 0.25) is 0 Å². The SMILES string of the molecule is CN(C)S(=O)(=O)N1CCC[C@H](c2cc(-n3ccnc3-c3ccccc3)ccn2)C1. The normalized spacial score (nSPS) is 18.2. The Morgan fingerprint density at radius 1 is 1.07 bits per heavy atom. The third kappa shape index (κ3) is 3.96. The van der Waals surface area contributed by atoms with Gasteiger partial charge in [-0.05, 0) is 25.0 Å². The van der Waals surface area contributed by atoms with Crippen LogP contribution in [0.1, 0.15) is 24.5 Å². The van der Waals surface area contributed by atoms with E-state index in [1.807, 2.05) is 53.2 Å². The van der Waals surface area contributed by atoms with Gasteiger partial charge in [-0.2, -0.15) is 17.0 Å². The molecule has 0 unspecified atom stereocenters. The number of imidazole rings is 1. The maximum Gasteiger partial charge on any atom is 0.281 e. The fourth-order valence-electron chi connectivity index (χ4n) is 3.75. The third-order valence-electron chi connectivity index (χ3n) is 5.31. The smallest absolute Gasteiger partial charge is 0.281 e. The van der Waals surface area contributed by atoms with E-state index in [2.05, 4.69) is 9.97 Å². The van der Waals surface area contributed by atoms with E-state index in [4.69, 9.17) is 0 Å². The monoisotopic (exact) mass is 411 g/mol. The average Bonchev–Trinajstić information content (AvgIpc) is 3.24. The van der Waals surface area contributed by atoms with Gasteiger partial charge in [0, 0.05) is 63.0 Å². The van der Waals surface area contributed by atoms with Gasteiger partial charge in [-0.25, -0.2) is 4.98 Å². The molecule has 152 valence electrons. The Hall–Kier alpha value is -2.55. The molecule has 1 aromatic carbocycles. The number of hydrogen-bond donors (Lipinski definition) is 0. The van der Waals surface area contributed by atoms with Crippen LogP contribution in [0.4, 0.5) is 0 Å². The van der Waals surface area contributed by atoms with E-state index in [0.29, 0.717) is 13.1 Å². The minimum atomic E-state index is -3.41. The number of aromatic nitrogens is 3. The zero-order chi connectivity index (χ0) is 20.4.